The van der Waals surface area contributed by atoms with E-state index in [2.05, 4.69) is 16.8 Å². The lowest BCUT2D eigenvalue weighted by molar-refractivity contribution is -0.144. The molecule has 0 radical (unpaired) electrons. The zero-order chi connectivity index (χ0) is 13.1. The Morgan fingerprint density at radius 2 is 1.79 bits per heavy atom. The van der Waals surface area contributed by atoms with Crippen LogP contribution in [0.4, 0.5) is 0 Å². The number of carboxylic acid groups (broad SMARTS) is 1. The number of piperazine rings is 1. The molecule has 1 aliphatic heterocycles. The van der Waals surface area contributed by atoms with Crippen molar-refractivity contribution >= 4 is 18.4 Å². The summed E-state index contributed by atoms with van der Waals surface area (Å²) < 4.78 is 0. The first-order chi connectivity index (χ1) is 8.59. The van der Waals surface area contributed by atoms with E-state index in [-0.39, 0.29) is 12.4 Å². The number of likely N-dealkylation sites (N-methyl/N-ethyl adjacent to an activating group) is 1. The molecular formula is C14H21ClN2O2. The van der Waals surface area contributed by atoms with Crippen LogP contribution in [0.15, 0.2) is 24.3 Å². The van der Waals surface area contributed by atoms with E-state index in [1.54, 1.807) is 0 Å². The van der Waals surface area contributed by atoms with E-state index >= 15 is 0 Å². The van der Waals surface area contributed by atoms with Gasteiger partial charge in [0.15, 0.2) is 0 Å². The number of nitrogens with zero attached hydrogens (tertiary/aromatic N) is 2. The Labute approximate surface area is 120 Å². The molecule has 1 aromatic rings. The summed E-state index contributed by atoms with van der Waals surface area (Å²) >= 11 is 0. The van der Waals surface area contributed by atoms with Gasteiger partial charge in [-0.1, -0.05) is 24.3 Å². The Balaban J connectivity index is 0.00000180. The molecule has 0 bridgehead atoms. The lowest BCUT2D eigenvalue weighted by Crippen LogP contribution is -2.47. The molecule has 19 heavy (non-hydrogen) atoms. The molecule has 1 aromatic carbocycles. The highest BCUT2D eigenvalue weighted by atomic mass is 35.5. The topological polar surface area (TPSA) is 43.8 Å². The van der Waals surface area contributed by atoms with E-state index in [1.165, 1.54) is 0 Å². The van der Waals surface area contributed by atoms with Crippen LogP contribution in [0.5, 0.6) is 0 Å². The van der Waals surface area contributed by atoms with Gasteiger partial charge in [0.1, 0.15) is 6.04 Å². The van der Waals surface area contributed by atoms with Crippen molar-refractivity contribution in [1.29, 1.82) is 0 Å². The monoisotopic (exact) mass is 284 g/mol. The van der Waals surface area contributed by atoms with Crippen molar-refractivity contribution in [3.05, 3.63) is 35.4 Å². The Morgan fingerprint density at radius 1 is 1.21 bits per heavy atom. The van der Waals surface area contributed by atoms with E-state index in [0.717, 1.165) is 37.3 Å². The summed E-state index contributed by atoms with van der Waals surface area (Å²) in [6.45, 7) is 5.44. The largest absolute Gasteiger partial charge is 0.480 e. The highest BCUT2D eigenvalue weighted by molar-refractivity contribution is 5.85. The van der Waals surface area contributed by atoms with Crippen molar-refractivity contribution in [3.63, 3.8) is 0 Å². The van der Waals surface area contributed by atoms with E-state index in [4.69, 9.17) is 0 Å². The van der Waals surface area contributed by atoms with Crippen LogP contribution in [0, 0.1) is 6.92 Å². The molecule has 0 amide bonds. The number of carboxylic acids is 1. The first-order valence-electron chi connectivity index (χ1n) is 6.30. The normalized spacial score (nSPS) is 18.6. The van der Waals surface area contributed by atoms with Crippen molar-refractivity contribution in [1.82, 2.24) is 9.80 Å². The van der Waals surface area contributed by atoms with Crippen molar-refractivity contribution in [2.45, 2.75) is 13.0 Å². The predicted octanol–water partition coefficient (Wildman–Crippen LogP) is 1.79. The molecule has 1 N–H and O–H groups in total. The number of aryl methyl sites for hydroxylation is 1. The summed E-state index contributed by atoms with van der Waals surface area (Å²) in [6.07, 6.45) is 0. The van der Waals surface area contributed by atoms with Gasteiger partial charge in [0.05, 0.1) is 0 Å². The molecule has 2 rings (SSSR count). The van der Waals surface area contributed by atoms with Crippen LogP contribution >= 0.6 is 12.4 Å². The SMILES string of the molecule is Cc1ccccc1C(C(=O)O)N1CCN(C)CC1.Cl. The van der Waals surface area contributed by atoms with Crippen LogP contribution in [-0.2, 0) is 4.79 Å². The fraction of sp³-hybridized carbons (Fsp3) is 0.500. The molecule has 5 heteroatoms. The smallest absolute Gasteiger partial charge is 0.325 e. The minimum Gasteiger partial charge on any atom is -0.480 e. The Bertz CT molecular complexity index is 431. The lowest BCUT2D eigenvalue weighted by atomic mass is 9.99. The van der Waals surface area contributed by atoms with E-state index < -0.39 is 12.0 Å². The average molecular weight is 285 g/mol. The number of halogens is 1. The third-order valence-electron chi connectivity index (χ3n) is 3.62. The molecule has 1 unspecified atom stereocenters. The highest BCUT2D eigenvalue weighted by Crippen LogP contribution is 2.25. The van der Waals surface area contributed by atoms with Crippen LogP contribution in [0.25, 0.3) is 0 Å². The molecule has 1 aliphatic rings. The molecule has 1 heterocycles. The zero-order valence-corrected chi connectivity index (χ0v) is 12.2. The van der Waals surface area contributed by atoms with Gasteiger partial charge in [-0.25, -0.2) is 0 Å². The van der Waals surface area contributed by atoms with E-state index in [9.17, 15) is 9.90 Å². The lowest BCUT2D eigenvalue weighted by Gasteiger charge is -2.36. The summed E-state index contributed by atoms with van der Waals surface area (Å²) in [5, 5.41) is 9.51. The highest BCUT2D eigenvalue weighted by Gasteiger charge is 2.30. The molecule has 1 fully saturated rings. The maximum Gasteiger partial charge on any atom is 0.325 e. The second-order valence-electron chi connectivity index (χ2n) is 4.94. The van der Waals surface area contributed by atoms with Gasteiger partial charge in [0.2, 0.25) is 0 Å². The van der Waals surface area contributed by atoms with Crippen molar-refractivity contribution < 1.29 is 9.90 Å². The van der Waals surface area contributed by atoms with Gasteiger partial charge in [-0.3, -0.25) is 9.69 Å². The molecule has 0 spiro atoms. The van der Waals surface area contributed by atoms with Gasteiger partial charge >= 0.3 is 5.97 Å². The third-order valence-corrected chi connectivity index (χ3v) is 3.62. The molecule has 4 nitrogen and oxygen atoms in total. The summed E-state index contributed by atoms with van der Waals surface area (Å²) in [6, 6.07) is 7.24. The van der Waals surface area contributed by atoms with E-state index in [1.807, 2.05) is 31.2 Å². The van der Waals surface area contributed by atoms with Crippen LogP contribution in [0.1, 0.15) is 17.2 Å². The Kier molecular flexibility index (Phi) is 5.79. The molecule has 106 valence electrons. The number of hydrogen-bond acceptors (Lipinski definition) is 3. The Morgan fingerprint density at radius 3 is 2.32 bits per heavy atom. The van der Waals surface area contributed by atoms with Gasteiger partial charge in [-0.2, -0.15) is 0 Å². The standard InChI is InChI=1S/C14H20N2O2.ClH/c1-11-5-3-4-6-12(11)13(14(17)18)16-9-7-15(2)8-10-16;/h3-6,13H,7-10H2,1-2H3,(H,17,18);1H. The van der Waals surface area contributed by atoms with Crippen LogP contribution < -0.4 is 0 Å². The Hall–Kier alpha value is -1.10. The predicted molar refractivity (Wildman–Crippen MR) is 77.9 cm³/mol. The molecular weight excluding hydrogens is 264 g/mol. The fourth-order valence-corrected chi connectivity index (χ4v) is 2.46. The van der Waals surface area contributed by atoms with E-state index in [0.29, 0.717) is 0 Å². The number of rotatable bonds is 3. The van der Waals surface area contributed by atoms with Crippen LogP contribution in [0.3, 0.4) is 0 Å². The summed E-state index contributed by atoms with van der Waals surface area (Å²) in [5.74, 6) is -0.756. The van der Waals surface area contributed by atoms with Gasteiger partial charge in [-0.05, 0) is 25.1 Å². The molecule has 0 aliphatic carbocycles. The summed E-state index contributed by atoms with van der Waals surface area (Å²) in [4.78, 5) is 15.9. The first-order valence-corrected chi connectivity index (χ1v) is 6.30. The van der Waals surface area contributed by atoms with Gasteiger partial charge < -0.3 is 10.0 Å². The van der Waals surface area contributed by atoms with Crippen molar-refractivity contribution in [3.8, 4) is 0 Å². The molecule has 1 saturated heterocycles. The third kappa shape index (κ3) is 3.69. The summed E-state index contributed by atoms with van der Waals surface area (Å²) in [7, 11) is 2.07. The first kappa shape index (κ1) is 16.0. The fourth-order valence-electron chi connectivity index (χ4n) is 2.46. The maximum atomic E-state index is 11.6. The van der Waals surface area contributed by atoms with Crippen LogP contribution in [0.2, 0.25) is 0 Å². The number of carbonyl (C=O) groups is 1. The van der Waals surface area contributed by atoms with Gasteiger partial charge in [0, 0.05) is 26.2 Å². The van der Waals surface area contributed by atoms with Crippen molar-refractivity contribution in [2.24, 2.45) is 0 Å². The number of hydrogen-bond donors (Lipinski definition) is 1. The minimum absolute atomic E-state index is 0. The number of aliphatic carboxylic acids is 1. The maximum absolute atomic E-state index is 11.6. The summed E-state index contributed by atoms with van der Waals surface area (Å²) in [5.41, 5.74) is 1.96. The molecule has 0 aromatic heterocycles. The van der Waals surface area contributed by atoms with Gasteiger partial charge in [0.25, 0.3) is 0 Å². The second-order valence-corrected chi connectivity index (χ2v) is 4.94. The van der Waals surface area contributed by atoms with Crippen molar-refractivity contribution in [2.75, 3.05) is 33.2 Å². The minimum atomic E-state index is -0.756. The second kappa shape index (κ2) is 6.89. The van der Waals surface area contributed by atoms with Crippen LogP contribution in [-0.4, -0.2) is 54.1 Å². The number of benzene rings is 1. The molecule has 0 saturated carbocycles. The average Bonchev–Trinajstić information content (AvgIpc) is 2.34. The quantitative estimate of drug-likeness (QED) is 0.919. The zero-order valence-electron chi connectivity index (χ0n) is 11.4. The van der Waals surface area contributed by atoms with Gasteiger partial charge in [-0.15, -0.1) is 12.4 Å². The molecule has 1 atom stereocenters.